The number of benzene rings is 2. The quantitative estimate of drug-likeness (QED) is 0.487. The number of carbonyl (C=O) groups excluding carboxylic acids is 2. The highest BCUT2D eigenvalue weighted by Crippen LogP contribution is 2.26. The average Bonchev–Trinajstić information content (AvgIpc) is 2.61. The molecule has 0 spiro atoms. The molecule has 8 nitrogen and oxygen atoms in total. The van der Waals surface area contributed by atoms with Crippen LogP contribution in [0.1, 0.15) is 20.7 Å². The molecule has 0 aliphatic heterocycles. The highest BCUT2D eigenvalue weighted by molar-refractivity contribution is 6.33. The van der Waals surface area contributed by atoms with Crippen molar-refractivity contribution in [1.82, 2.24) is 0 Å². The molecule has 26 heavy (non-hydrogen) atoms. The molecule has 0 atom stereocenters. The van der Waals surface area contributed by atoms with E-state index in [0.717, 1.165) is 0 Å². The first-order valence-electron chi connectivity index (χ1n) is 7.39. The van der Waals surface area contributed by atoms with E-state index in [1.807, 2.05) is 0 Å². The number of anilines is 2. The summed E-state index contributed by atoms with van der Waals surface area (Å²) in [5, 5.41) is 13.8. The number of nitrogens with zero attached hydrogens (tertiary/aromatic N) is 2. The third-order valence-electron chi connectivity index (χ3n) is 3.55. The lowest BCUT2D eigenvalue weighted by Crippen LogP contribution is -2.19. The first kappa shape index (κ1) is 19.2. The van der Waals surface area contributed by atoms with Gasteiger partial charge in [0.15, 0.2) is 0 Å². The molecule has 0 saturated carbocycles. The predicted molar refractivity (Wildman–Crippen MR) is 98.2 cm³/mol. The van der Waals surface area contributed by atoms with Gasteiger partial charge >= 0.3 is 5.97 Å². The molecule has 0 aromatic heterocycles. The van der Waals surface area contributed by atoms with Crippen LogP contribution in [-0.2, 0) is 4.74 Å². The lowest BCUT2D eigenvalue weighted by Gasteiger charge is -2.17. The van der Waals surface area contributed by atoms with Gasteiger partial charge in [0, 0.05) is 37.6 Å². The summed E-state index contributed by atoms with van der Waals surface area (Å²) in [5.74, 6) is -1.20. The Bertz CT molecular complexity index is 883. The molecule has 0 heterocycles. The van der Waals surface area contributed by atoms with Crippen LogP contribution in [-0.4, -0.2) is 38.0 Å². The average molecular weight is 378 g/mol. The Hall–Kier alpha value is -3.13. The van der Waals surface area contributed by atoms with Crippen molar-refractivity contribution < 1.29 is 19.2 Å². The van der Waals surface area contributed by atoms with Crippen molar-refractivity contribution in [2.24, 2.45) is 0 Å². The normalized spacial score (nSPS) is 10.2. The molecule has 1 amide bonds. The standard InChI is InChI=1S/C17H16ClN3O5/c1-20(2)15-7-5-11(21(24)25)9-13(15)16(22)19-10-4-6-14(18)12(8-10)17(23)26-3/h4-9H,1-3H3,(H,19,22). The second kappa shape index (κ2) is 7.83. The number of hydrogen-bond acceptors (Lipinski definition) is 6. The SMILES string of the molecule is COC(=O)c1cc(NC(=O)c2cc([N+](=O)[O-])ccc2N(C)C)ccc1Cl. The van der Waals surface area contributed by atoms with Gasteiger partial charge in [-0.2, -0.15) is 0 Å². The summed E-state index contributed by atoms with van der Waals surface area (Å²) in [6.07, 6.45) is 0. The fraction of sp³-hybridized carbons (Fsp3) is 0.176. The molecule has 0 aliphatic rings. The molecule has 0 aliphatic carbocycles. The summed E-state index contributed by atoms with van der Waals surface area (Å²) in [6.45, 7) is 0. The minimum Gasteiger partial charge on any atom is -0.465 e. The highest BCUT2D eigenvalue weighted by Gasteiger charge is 2.19. The summed E-state index contributed by atoms with van der Waals surface area (Å²) in [5.41, 5.74) is 0.830. The number of nitro benzene ring substituents is 1. The number of non-ortho nitro benzene ring substituents is 1. The van der Waals surface area contributed by atoms with Crippen LogP contribution >= 0.6 is 11.6 Å². The van der Waals surface area contributed by atoms with E-state index in [4.69, 9.17) is 11.6 Å². The number of ether oxygens (including phenoxy) is 1. The van der Waals surface area contributed by atoms with Crippen molar-refractivity contribution in [3.05, 3.63) is 62.7 Å². The summed E-state index contributed by atoms with van der Waals surface area (Å²) in [7, 11) is 4.65. The van der Waals surface area contributed by atoms with Crippen LogP contribution in [0.4, 0.5) is 17.1 Å². The van der Waals surface area contributed by atoms with Gasteiger partial charge in [-0.15, -0.1) is 0 Å². The highest BCUT2D eigenvalue weighted by atomic mass is 35.5. The number of methoxy groups -OCH3 is 1. The van der Waals surface area contributed by atoms with Gasteiger partial charge < -0.3 is 15.0 Å². The van der Waals surface area contributed by atoms with Crippen LogP contribution < -0.4 is 10.2 Å². The van der Waals surface area contributed by atoms with Crippen LogP contribution in [0, 0.1) is 10.1 Å². The number of nitro groups is 1. The van der Waals surface area contributed by atoms with Crippen LogP contribution in [0.3, 0.4) is 0 Å². The van der Waals surface area contributed by atoms with Crippen LogP contribution in [0.15, 0.2) is 36.4 Å². The number of rotatable bonds is 5. The molecule has 2 rings (SSSR count). The largest absolute Gasteiger partial charge is 0.465 e. The zero-order chi connectivity index (χ0) is 19.4. The van der Waals surface area contributed by atoms with Crippen LogP contribution in [0.2, 0.25) is 5.02 Å². The maximum atomic E-state index is 12.6. The van der Waals surface area contributed by atoms with Crippen molar-refractivity contribution in [3.63, 3.8) is 0 Å². The van der Waals surface area contributed by atoms with Crippen molar-refractivity contribution in [3.8, 4) is 0 Å². The number of amides is 1. The van der Waals surface area contributed by atoms with Gasteiger partial charge in [-0.3, -0.25) is 14.9 Å². The monoisotopic (exact) mass is 377 g/mol. The topological polar surface area (TPSA) is 102 Å². The summed E-state index contributed by atoms with van der Waals surface area (Å²) >= 11 is 5.95. The minimum atomic E-state index is -0.643. The van der Waals surface area contributed by atoms with E-state index < -0.39 is 16.8 Å². The van der Waals surface area contributed by atoms with Gasteiger partial charge in [0.05, 0.1) is 28.2 Å². The lowest BCUT2D eigenvalue weighted by molar-refractivity contribution is -0.384. The second-order valence-corrected chi connectivity index (χ2v) is 5.90. The zero-order valence-corrected chi connectivity index (χ0v) is 15.0. The molecule has 1 N–H and O–H groups in total. The van der Waals surface area contributed by atoms with Gasteiger partial charge in [0.1, 0.15) is 0 Å². The summed E-state index contributed by atoms with van der Waals surface area (Å²) in [4.78, 5) is 36.4. The van der Waals surface area contributed by atoms with E-state index in [0.29, 0.717) is 11.4 Å². The molecular formula is C17H16ClN3O5. The second-order valence-electron chi connectivity index (χ2n) is 5.49. The Morgan fingerprint density at radius 3 is 2.42 bits per heavy atom. The Labute approximate surface area is 154 Å². The number of esters is 1. The van der Waals surface area contributed by atoms with E-state index >= 15 is 0 Å². The van der Waals surface area contributed by atoms with E-state index in [1.165, 1.54) is 43.5 Å². The predicted octanol–water partition coefficient (Wildman–Crippen LogP) is 3.35. The van der Waals surface area contributed by atoms with Crippen molar-refractivity contribution in [2.75, 3.05) is 31.4 Å². The summed E-state index contributed by atoms with van der Waals surface area (Å²) in [6, 6.07) is 8.35. The van der Waals surface area contributed by atoms with Gasteiger partial charge in [-0.25, -0.2) is 4.79 Å². The zero-order valence-electron chi connectivity index (χ0n) is 14.3. The Kier molecular flexibility index (Phi) is 5.78. The molecule has 0 bridgehead atoms. The third kappa shape index (κ3) is 4.09. The molecule has 0 unspecified atom stereocenters. The number of hydrogen-bond donors (Lipinski definition) is 1. The lowest BCUT2D eigenvalue weighted by atomic mass is 10.1. The minimum absolute atomic E-state index is 0.0961. The summed E-state index contributed by atoms with van der Waals surface area (Å²) < 4.78 is 4.64. The maximum absolute atomic E-state index is 12.6. The van der Waals surface area contributed by atoms with Crippen LogP contribution in [0.25, 0.3) is 0 Å². The molecule has 9 heteroatoms. The molecule has 0 radical (unpaired) electrons. The van der Waals surface area contributed by atoms with Crippen molar-refractivity contribution in [1.29, 1.82) is 0 Å². The van der Waals surface area contributed by atoms with Gasteiger partial charge in [0.2, 0.25) is 0 Å². The number of halogens is 1. The van der Waals surface area contributed by atoms with E-state index in [-0.39, 0.29) is 21.8 Å². The fourth-order valence-corrected chi connectivity index (χ4v) is 2.47. The Balaban J connectivity index is 2.40. The van der Waals surface area contributed by atoms with Crippen LogP contribution in [0.5, 0.6) is 0 Å². The Morgan fingerprint density at radius 1 is 1.15 bits per heavy atom. The number of carbonyl (C=O) groups is 2. The Morgan fingerprint density at radius 2 is 1.85 bits per heavy atom. The number of nitrogens with one attached hydrogen (secondary N) is 1. The van der Waals surface area contributed by atoms with Gasteiger partial charge in [-0.1, -0.05) is 11.6 Å². The van der Waals surface area contributed by atoms with Gasteiger partial charge in [0.25, 0.3) is 11.6 Å². The van der Waals surface area contributed by atoms with Gasteiger partial charge in [-0.05, 0) is 24.3 Å². The van der Waals surface area contributed by atoms with E-state index in [9.17, 15) is 19.7 Å². The third-order valence-corrected chi connectivity index (χ3v) is 3.88. The molecular weight excluding hydrogens is 362 g/mol. The van der Waals surface area contributed by atoms with E-state index in [1.54, 1.807) is 19.0 Å². The van der Waals surface area contributed by atoms with E-state index in [2.05, 4.69) is 10.1 Å². The maximum Gasteiger partial charge on any atom is 0.339 e. The smallest absolute Gasteiger partial charge is 0.339 e. The molecule has 2 aromatic carbocycles. The molecule has 0 fully saturated rings. The van der Waals surface area contributed by atoms with Crippen molar-refractivity contribution in [2.45, 2.75) is 0 Å². The van der Waals surface area contributed by atoms with Crippen molar-refractivity contribution >= 4 is 40.5 Å². The molecule has 0 saturated heterocycles. The molecule has 2 aromatic rings. The first-order valence-corrected chi connectivity index (χ1v) is 7.77. The fourth-order valence-electron chi connectivity index (χ4n) is 2.28. The molecule has 136 valence electrons. The first-order chi connectivity index (χ1) is 12.2.